The van der Waals surface area contributed by atoms with E-state index in [4.69, 9.17) is 15.0 Å². The number of hydrogen-bond acceptors (Lipinski definition) is 4. The standard InChI is InChI=1S/C51H32N4S/c1-4-15-33(16-5-1)35-19-12-21-37(31-35)49-52-50(38-22-13-20-36(32-38)34-17-6-2-7-18-34)54-51(53-49)44-27-14-26-42-43-30-29-41-40-25-10-11-28-45(40)55(39-23-8-3-9-24-39)46(41)48(43)56-47(42)44/h1-32H. The van der Waals surface area contributed by atoms with Gasteiger partial charge in [-0.2, -0.15) is 0 Å². The summed E-state index contributed by atoms with van der Waals surface area (Å²) in [6.07, 6.45) is 0. The first-order chi connectivity index (χ1) is 27.8. The van der Waals surface area contributed by atoms with Gasteiger partial charge in [-0.3, -0.25) is 0 Å². The maximum Gasteiger partial charge on any atom is 0.165 e. The Balaban J connectivity index is 1.16. The Hall–Kier alpha value is -7.21. The van der Waals surface area contributed by atoms with Crippen molar-refractivity contribution >= 4 is 53.3 Å². The predicted octanol–water partition coefficient (Wildman–Crippen LogP) is 13.7. The molecule has 4 nitrogen and oxygen atoms in total. The number of rotatable bonds is 6. The van der Waals surface area contributed by atoms with Crippen LogP contribution in [0.15, 0.2) is 194 Å². The molecule has 56 heavy (non-hydrogen) atoms. The Morgan fingerprint density at radius 3 is 1.48 bits per heavy atom. The van der Waals surface area contributed by atoms with Crippen LogP contribution in [0.5, 0.6) is 0 Å². The van der Waals surface area contributed by atoms with Crippen LogP contribution in [-0.4, -0.2) is 19.5 Å². The molecule has 0 bridgehead atoms. The molecule has 0 amide bonds. The third-order valence-electron chi connectivity index (χ3n) is 10.6. The molecule has 8 aromatic carbocycles. The monoisotopic (exact) mass is 732 g/mol. The molecule has 0 spiro atoms. The second-order valence-corrected chi connectivity index (χ2v) is 15.0. The van der Waals surface area contributed by atoms with Crippen molar-refractivity contribution in [2.24, 2.45) is 0 Å². The molecule has 0 unspecified atom stereocenters. The first-order valence-corrected chi connectivity index (χ1v) is 19.6. The van der Waals surface area contributed by atoms with Crippen LogP contribution in [0.4, 0.5) is 0 Å². The van der Waals surface area contributed by atoms with Gasteiger partial charge in [0.1, 0.15) is 0 Å². The van der Waals surface area contributed by atoms with Crippen molar-refractivity contribution in [1.82, 2.24) is 19.5 Å². The Morgan fingerprint density at radius 2 is 0.821 bits per heavy atom. The number of aromatic nitrogens is 4. The number of fused-ring (bicyclic) bond motifs is 7. The molecule has 0 saturated carbocycles. The van der Waals surface area contributed by atoms with Gasteiger partial charge in [0, 0.05) is 48.6 Å². The minimum absolute atomic E-state index is 0.637. The Bertz CT molecular complexity index is 3140. The van der Waals surface area contributed by atoms with Crippen molar-refractivity contribution < 1.29 is 0 Å². The second kappa shape index (κ2) is 13.3. The number of benzene rings is 8. The van der Waals surface area contributed by atoms with Gasteiger partial charge in [0.15, 0.2) is 17.5 Å². The molecule has 0 fully saturated rings. The summed E-state index contributed by atoms with van der Waals surface area (Å²) in [4.78, 5) is 15.7. The fourth-order valence-corrected chi connectivity index (χ4v) is 9.36. The summed E-state index contributed by atoms with van der Waals surface area (Å²) in [6.45, 7) is 0. The van der Waals surface area contributed by atoms with Crippen molar-refractivity contribution in [2.45, 2.75) is 0 Å². The zero-order chi connectivity index (χ0) is 37.0. The van der Waals surface area contributed by atoms with Crippen molar-refractivity contribution in [3.05, 3.63) is 194 Å². The minimum Gasteiger partial charge on any atom is -0.308 e. The average Bonchev–Trinajstić information content (AvgIpc) is 3.83. The van der Waals surface area contributed by atoms with Crippen LogP contribution in [0.1, 0.15) is 0 Å². The maximum absolute atomic E-state index is 5.28. The summed E-state index contributed by atoms with van der Waals surface area (Å²) < 4.78 is 4.81. The quantitative estimate of drug-likeness (QED) is 0.171. The van der Waals surface area contributed by atoms with E-state index in [0.717, 1.165) is 49.3 Å². The van der Waals surface area contributed by atoms with Crippen LogP contribution in [0.3, 0.4) is 0 Å². The lowest BCUT2D eigenvalue weighted by atomic mass is 10.0. The molecule has 3 heterocycles. The van der Waals surface area contributed by atoms with E-state index in [9.17, 15) is 0 Å². The van der Waals surface area contributed by atoms with Crippen molar-refractivity contribution in [1.29, 1.82) is 0 Å². The van der Waals surface area contributed by atoms with Gasteiger partial charge in [-0.15, -0.1) is 11.3 Å². The Kier molecular flexibility index (Phi) is 7.64. The first kappa shape index (κ1) is 32.2. The summed E-state index contributed by atoms with van der Waals surface area (Å²) in [5.74, 6) is 1.92. The summed E-state index contributed by atoms with van der Waals surface area (Å²) in [5, 5.41) is 4.90. The van der Waals surface area contributed by atoms with E-state index in [1.54, 1.807) is 0 Å². The summed E-state index contributed by atoms with van der Waals surface area (Å²) in [6, 6.07) is 68.4. The smallest absolute Gasteiger partial charge is 0.165 e. The number of nitrogens with zero attached hydrogens (tertiary/aromatic N) is 4. The number of thiophene rings is 1. The van der Waals surface area contributed by atoms with E-state index in [1.807, 2.05) is 23.5 Å². The lowest BCUT2D eigenvalue weighted by Crippen LogP contribution is -2.00. The molecule has 0 aliphatic rings. The summed E-state index contributed by atoms with van der Waals surface area (Å²) in [7, 11) is 0. The molecule has 0 N–H and O–H groups in total. The van der Waals surface area contributed by atoms with Crippen LogP contribution in [0, 0.1) is 0 Å². The van der Waals surface area contributed by atoms with Crippen LogP contribution >= 0.6 is 11.3 Å². The molecule has 262 valence electrons. The molecule has 0 atom stereocenters. The van der Waals surface area contributed by atoms with E-state index in [1.165, 1.54) is 37.3 Å². The van der Waals surface area contributed by atoms with Gasteiger partial charge in [-0.1, -0.05) is 158 Å². The molecule has 0 radical (unpaired) electrons. The van der Waals surface area contributed by atoms with Gasteiger partial charge >= 0.3 is 0 Å². The molecule has 5 heteroatoms. The van der Waals surface area contributed by atoms with E-state index >= 15 is 0 Å². The lowest BCUT2D eigenvalue weighted by molar-refractivity contribution is 1.08. The first-order valence-electron chi connectivity index (χ1n) is 18.8. The van der Waals surface area contributed by atoms with Gasteiger partial charge in [0.05, 0.1) is 15.7 Å². The maximum atomic E-state index is 5.28. The van der Waals surface area contributed by atoms with E-state index < -0.39 is 0 Å². The van der Waals surface area contributed by atoms with Gasteiger partial charge in [0.2, 0.25) is 0 Å². The third kappa shape index (κ3) is 5.40. The topological polar surface area (TPSA) is 43.6 Å². The predicted molar refractivity (Wildman–Crippen MR) is 234 cm³/mol. The third-order valence-corrected chi connectivity index (χ3v) is 11.9. The van der Waals surface area contributed by atoms with Crippen LogP contribution in [0.25, 0.3) is 104 Å². The van der Waals surface area contributed by atoms with E-state index in [0.29, 0.717) is 17.5 Å². The highest BCUT2D eigenvalue weighted by atomic mass is 32.1. The molecule has 11 aromatic rings. The molecule has 0 aliphatic carbocycles. The summed E-state index contributed by atoms with van der Waals surface area (Å²) >= 11 is 1.82. The Morgan fingerprint density at radius 1 is 0.339 bits per heavy atom. The molecule has 0 saturated heterocycles. The number of para-hydroxylation sites is 2. The van der Waals surface area contributed by atoms with Crippen LogP contribution in [-0.2, 0) is 0 Å². The van der Waals surface area contributed by atoms with Gasteiger partial charge in [0.25, 0.3) is 0 Å². The lowest BCUT2D eigenvalue weighted by Gasteiger charge is -2.11. The Labute approximate surface area is 327 Å². The molecular weight excluding hydrogens is 701 g/mol. The van der Waals surface area contributed by atoms with E-state index in [2.05, 4.69) is 187 Å². The van der Waals surface area contributed by atoms with Crippen molar-refractivity contribution in [3.63, 3.8) is 0 Å². The van der Waals surface area contributed by atoms with Crippen LogP contribution in [0.2, 0.25) is 0 Å². The van der Waals surface area contributed by atoms with Gasteiger partial charge in [-0.25, -0.2) is 15.0 Å². The minimum atomic E-state index is 0.637. The van der Waals surface area contributed by atoms with Gasteiger partial charge in [-0.05, 0) is 58.7 Å². The molecular formula is C51H32N4S. The van der Waals surface area contributed by atoms with Gasteiger partial charge < -0.3 is 4.57 Å². The van der Waals surface area contributed by atoms with Crippen LogP contribution < -0.4 is 0 Å². The zero-order valence-corrected chi connectivity index (χ0v) is 31.0. The normalized spacial score (nSPS) is 11.6. The highest BCUT2D eigenvalue weighted by Crippen LogP contribution is 2.45. The average molecular weight is 733 g/mol. The number of hydrogen-bond donors (Lipinski definition) is 0. The molecule has 11 rings (SSSR count). The highest BCUT2D eigenvalue weighted by Gasteiger charge is 2.21. The summed E-state index contributed by atoms with van der Waals surface area (Å²) in [5.41, 5.74) is 10.9. The highest BCUT2D eigenvalue weighted by molar-refractivity contribution is 7.27. The van der Waals surface area contributed by atoms with Crippen molar-refractivity contribution in [3.8, 4) is 62.1 Å². The second-order valence-electron chi connectivity index (χ2n) is 14.0. The fraction of sp³-hybridized carbons (Fsp3) is 0. The zero-order valence-electron chi connectivity index (χ0n) is 30.2. The van der Waals surface area contributed by atoms with E-state index in [-0.39, 0.29) is 0 Å². The fourth-order valence-electron chi connectivity index (χ4n) is 8.02. The largest absolute Gasteiger partial charge is 0.308 e. The SMILES string of the molecule is c1ccc(-c2cccc(-c3nc(-c4cccc(-c5ccccc5)c4)nc(-c4cccc5c4sc4c5ccc5c6ccccc6n(-c6ccccc6)c54)n3)c2)cc1. The molecule has 3 aromatic heterocycles. The van der Waals surface area contributed by atoms with Crippen molar-refractivity contribution in [2.75, 3.05) is 0 Å². The molecule has 0 aliphatic heterocycles.